The number of rotatable bonds is 4. The molecule has 1 fully saturated rings. The Morgan fingerprint density at radius 3 is 3.05 bits per heavy atom. The SMILES string of the molecule is CN(C(=O)CSc1ncnc2sccc12)[C@@H]1CCS(=O)(=O)C1. The van der Waals surface area contributed by atoms with Gasteiger partial charge in [0, 0.05) is 18.5 Å². The minimum atomic E-state index is -2.98. The minimum Gasteiger partial charge on any atom is -0.341 e. The summed E-state index contributed by atoms with van der Waals surface area (Å²) in [5.41, 5.74) is 0. The van der Waals surface area contributed by atoms with Crippen molar-refractivity contribution in [3.8, 4) is 0 Å². The lowest BCUT2D eigenvalue weighted by atomic mass is 10.2. The van der Waals surface area contributed by atoms with Gasteiger partial charge in [0.2, 0.25) is 5.91 Å². The summed E-state index contributed by atoms with van der Waals surface area (Å²) >= 11 is 2.90. The van der Waals surface area contributed by atoms with Crippen LogP contribution >= 0.6 is 23.1 Å². The molecule has 3 heterocycles. The van der Waals surface area contributed by atoms with Crippen LogP contribution in [0.5, 0.6) is 0 Å². The Balaban J connectivity index is 1.64. The van der Waals surface area contributed by atoms with Gasteiger partial charge in [0.15, 0.2) is 9.84 Å². The highest BCUT2D eigenvalue weighted by Crippen LogP contribution is 2.28. The fraction of sp³-hybridized carbons (Fsp3) is 0.462. The molecule has 2 aromatic rings. The molecular formula is C13H15N3O3S3. The van der Waals surface area contributed by atoms with Gasteiger partial charge in [-0.2, -0.15) is 0 Å². The second-order valence-electron chi connectivity index (χ2n) is 5.17. The Kier molecular flexibility index (Phi) is 4.37. The van der Waals surface area contributed by atoms with Crippen molar-refractivity contribution >= 4 is 49.1 Å². The lowest BCUT2D eigenvalue weighted by molar-refractivity contribution is -0.128. The molecule has 118 valence electrons. The van der Waals surface area contributed by atoms with E-state index in [1.54, 1.807) is 11.9 Å². The Morgan fingerprint density at radius 1 is 1.50 bits per heavy atom. The molecule has 0 aliphatic carbocycles. The van der Waals surface area contributed by atoms with Gasteiger partial charge in [-0.3, -0.25) is 4.79 Å². The van der Waals surface area contributed by atoms with E-state index in [9.17, 15) is 13.2 Å². The van der Waals surface area contributed by atoms with Crippen LogP contribution < -0.4 is 0 Å². The average molecular weight is 357 g/mol. The number of sulfone groups is 1. The minimum absolute atomic E-state index is 0.0716. The number of thioether (sulfide) groups is 1. The molecule has 0 N–H and O–H groups in total. The highest BCUT2D eigenvalue weighted by atomic mass is 32.2. The molecule has 1 saturated heterocycles. The zero-order valence-corrected chi connectivity index (χ0v) is 14.4. The quantitative estimate of drug-likeness (QED) is 0.608. The molecule has 6 nitrogen and oxygen atoms in total. The maximum atomic E-state index is 12.3. The van der Waals surface area contributed by atoms with Gasteiger partial charge in [0.25, 0.3) is 0 Å². The Hall–Kier alpha value is -1.19. The van der Waals surface area contributed by atoms with Crippen molar-refractivity contribution in [1.29, 1.82) is 0 Å². The Morgan fingerprint density at radius 2 is 2.32 bits per heavy atom. The number of thiophene rings is 1. The largest absolute Gasteiger partial charge is 0.341 e. The van der Waals surface area contributed by atoms with Gasteiger partial charge >= 0.3 is 0 Å². The molecule has 1 atom stereocenters. The third-order valence-electron chi connectivity index (χ3n) is 3.71. The number of amides is 1. The van der Waals surface area contributed by atoms with Crippen LogP contribution in [0.2, 0.25) is 0 Å². The van der Waals surface area contributed by atoms with Gasteiger partial charge in [-0.1, -0.05) is 11.8 Å². The van der Waals surface area contributed by atoms with Crippen LogP contribution in [0.15, 0.2) is 22.8 Å². The molecule has 3 rings (SSSR count). The van der Waals surface area contributed by atoms with Crippen LogP contribution in [-0.2, 0) is 14.6 Å². The second-order valence-corrected chi connectivity index (χ2v) is 9.26. The summed E-state index contributed by atoms with van der Waals surface area (Å²) in [7, 11) is -1.31. The predicted octanol–water partition coefficient (Wildman–Crippen LogP) is 1.43. The fourth-order valence-electron chi connectivity index (χ4n) is 2.40. The molecular weight excluding hydrogens is 342 g/mol. The fourth-order valence-corrected chi connectivity index (χ4v) is 5.88. The number of fused-ring (bicyclic) bond motifs is 1. The van der Waals surface area contributed by atoms with Crippen molar-refractivity contribution in [2.75, 3.05) is 24.3 Å². The van der Waals surface area contributed by atoms with Crippen LogP contribution in [0, 0.1) is 0 Å². The average Bonchev–Trinajstić information content (AvgIpc) is 3.10. The molecule has 9 heteroatoms. The molecule has 0 spiro atoms. The van der Waals surface area contributed by atoms with Crippen LogP contribution in [-0.4, -0.2) is 59.5 Å². The molecule has 0 bridgehead atoms. The summed E-state index contributed by atoms with van der Waals surface area (Å²) < 4.78 is 23.0. The zero-order valence-electron chi connectivity index (χ0n) is 11.9. The molecule has 0 radical (unpaired) electrons. The standard InChI is InChI=1S/C13H15N3O3S3/c1-16(9-3-5-22(18,19)7-9)11(17)6-21-13-10-2-4-20-12(10)14-8-15-13/h2,4,8-9H,3,5-7H2,1H3/t9-/m1/s1. The number of hydrogen-bond acceptors (Lipinski definition) is 7. The maximum absolute atomic E-state index is 12.3. The Labute approximate surface area is 136 Å². The van der Waals surface area contributed by atoms with Crippen molar-refractivity contribution in [2.24, 2.45) is 0 Å². The van der Waals surface area contributed by atoms with Crippen LogP contribution in [0.3, 0.4) is 0 Å². The topological polar surface area (TPSA) is 80.2 Å². The van der Waals surface area contributed by atoms with E-state index in [-0.39, 0.29) is 29.2 Å². The van der Waals surface area contributed by atoms with Gasteiger partial charge in [0.05, 0.1) is 17.3 Å². The normalized spacial score (nSPS) is 20.3. The Bertz CT molecular complexity index is 803. The zero-order chi connectivity index (χ0) is 15.7. The highest BCUT2D eigenvalue weighted by molar-refractivity contribution is 8.00. The van der Waals surface area contributed by atoms with Crippen LogP contribution in [0.1, 0.15) is 6.42 Å². The van der Waals surface area contributed by atoms with E-state index in [1.165, 1.54) is 29.4 Å². The smallest absolute Gasteiger partial charge is 0.233 e. The van der Waals surface area contributed by atoms with Crippen LogP contribution in [0.25, 0.3) is 10.2 Å². The summed E-state index contributed by atoms with van der Waals surface area (Å²) in [5, 5.41) is 3.68. The van der Waals surface area contributed by atoms with Crippen molar-refractivity contribution in [3.63, 3.8) is 0 Å². The number of nitrogens with zero attached hydrogens (tertiary/aromatic N) is 3. The van der Waals surface area contributed by atoms with E-state index in [1.807, 2.05) is 11.4 Å². The summed E-state index contributed by atoms with van der Waals surface area (Å²) in [6.45, 7) is 0. The summed E-state index contributed by atoms with van der Waals surface area (Å²) in [6.07, 6.45) is 2.02. The monoisotopic (exact) mass is 357 g/mol. The van der Waals surface area contributed by atoms with Gasteiger partial charge in [-0.15, -0.1) is 11.3 Å². The number of carbonyl (C=O) groups is 1. The molecule has 1 aliphatic rings. The lowest BCUT2D eigenvalue weighted by Crippen LogP contribution is -2.38. The molecule has 22 heavy (non-hydrogen) atoms. The van der Waals surface area contributed by atoms with E-state index >= 15 is 0 Å². The van der Waals surface area contributed by atoms with Gasteiger partial charge in [0.1, 0.15) is 16.2 Å². The lowest BCUT2D eigenvalue weighted by Gasteiger charge is -2.23. The number of aromatic nitrogens is 2. The molecule has 1 amide bonds. The number of carbonyl (C=O) groups excluding carboxylic acids is 1. The predicted molar refractivity (Wildman–Crippen MR) is 88.0 cm³/mol. The van der Waals surface area contributed by atoms with Gasteiger partial charge in [-0.05, 0) is 17.9 Å². The van der Waals surface area contributed by atoms with Crippen LogP contribution in [0.4, 0.5) is 0 Å². The van der Waals surface area contributed by atoms with E-state index in [4.69, 9.17) is 0 Å². The first-order valence-corrected chi connectivity index (χ1v) is 10.4. The van der Waals surface area contributed by atoms with E-state index in [0.29, 0.717) is 6.42 Å². The first-order valence-electron chi connectivity index (χ1n) is 6.73. The van der Waals surface area contributed by atoms with E-state index < -0.39 is 9.84 Å². The molecule has 0 unspecified atom stereocenters. The number of hydrogen-bond donors (Lipinski definition) is 0. The summed E-state index contributed by atoms with van der Waals surface area (Å²) in [4.78, 5) is 23.1. The van der Waals surface area contributed by atoms with Crippen molar-refractivity contribution < 1.29 is 13.2 Å². The molecule has 0 saturated carbocycles. The second kappa shape index (κ2) is 6.13. The molecule has 1 aliphatic heterocycles. The first-order chi connectivity index (χ1) is 10.5. The first kappa shape index (κ1) is 15.7. The highest BCUT2D eigenvalue weighted by Gasteiger charge is 2.32. The van der Waals surface area contributed by atoms with Gasteiger partial charge in [-0.25, -0.2) is 18.4 Å². The summed E-state index contributed by atoms with van der Waals surface area (Å²) in [6, 6.07) is 1.74. The maximum Gasteiger partial charge on any atom is 0.233 e. The van der Waals surface area contributed by atoms with Crippen molar-refractivity contribution in [3.05, 3.63) is 17.8 Å². The van der Waals surface area contributed by atoms with E-state index in [0.717, 1.165) is 15.2 Å². The molecule has 2 aromatic heterocycles. The third-order valence-corrected chi connectivity index (χ3v) is 7.27. The van der Waals surface area contributed by atoms with E-state index in [2.05, 4.69) is 9.97 Å². The summed E-state index contributed by atoms with van der Waals surface area (Å²) in [5.74, 6) is 0.412. The third kappa shape index (κ3) is 3.26. The van der Waals surface area contributed by atoms with Crippen molar-refractivity contribution in [2.45, 2.75) is 17.5 Å². The van der Waals surface area contributed by atoms with Crippen molar-refractivity contribution in [1.82, 2.24) is 14.9 Å². The van der Waals surface area contributed by atoms with Gasteiger partial charge < -0.3 is 4.90 Å². The molecule has 0 aromatic carbocycles.